The van der Waals surface area contributed by atoms with Gasteiger partial charge in [-0.2, -0.15) is 0 Å². The van der Waals surface area contributed by atoms with Crippen LogP contribution in [0.3, 0.4) is 0 Å². The minimum atomic E-state index is -0.0977. The quantitative estimate of drug-likeness (QED) is 0.878. The molecule has 2 rings (SSSR count). The highest BCUT2D eigenvalue weighted by molar-refractivity contribution is 9.10. The maximum Gasteiger partial charge on any atom is 0.319 e. The molecule has 0 bridgehead atoms. The molecule has 0 aromatic heterocycles. The second kappa shape index (κ2) is 4.87. The molecule has 1 aliphatic rings. The largest absolute Gasteiger partial charge is 0.335 e. The van der Waals surface area contributed by atoms with Crippen LogP contribution in [-0.4, -0.2) is 12.1 Å². The van der Waals surface area contributed by atoms with Gasteiger partial charge < -0.3 is 10.6 Å². The van der Waals surface area contributed by atoms with Crippen LogP contribution in [0, 0.1) is 0 Å². The Morgan fingerprint density at radius 3 is 2.88 bits per heavy atom. The number of hydrogen-bond donors (Lipinski definition) is 2. The summed E-state index contributed by atoms with van der Waals surface area (Å²) in [5.41, 5.74) is 2.03. The zero-order valence-electron chi connectivity index (χ0n) is 9.22. The van der Waals surface area contributed by atoms with E-state index in [1.807, 2.05) is 18.2 Å². The molecule has 0 heterocycles. The van der Waals surface area contributed by atoms with E-state index in [0.717, 1.165) is 35.0 Å². The van der Waals surface area contributed by atoms with Gasteiger partial charge >= 0.3 is 6.03 Å². The minimum Gasteiger partial charge on any atom is -0.335 e. The molecule has 0 aliphatic heterocycles. The van der Waals surface area contributed by atoms with Crippen molar-refractivity contribution in [3.05, 3.63) is 28.2 Å². The lowest BCUT2D eigenvalue weighted by molar-refractivity contribution is 0.251. The Morgan fingerprint density at radius 2 is 2.25 bits per heavy atom. The Bertz CT molecular complexity index is 402. The third-order valence-electron chi connectivity index (χ3n) is 2.61. The second-order valence-corrected chi connectivity index (χ2v) is 4.94. The van der Waals surface area contributed by atoms with Crippen molar-refractivity contribution in [2.45, 2.75) is 32.2 Å². The summed E-state index contributed by atoms with van der Waals surface area (Å²) in [7, 11) is 0. The van der Waals surface area contributed by atoms with E-state index in [4.69, 9.17) is 0 Å². The molecule has 16 heavy (non-hydrogen) atoms. The molecular weight excluding hydrogens is 268 g/mol. The van der Waals surface area contributed by atoms with Gasteiger partial charge in [0.15, 0.2) is 0 Å². The summed E-state index contributed by atoms with van der Waals surface area (Å²) in [6, 6.07) is 6.19. The van der Waals surface area contributed by atoms with Crippen LogP contribution in [0.25, 0.3) is 0 Å². The van der Waals surface area contributed by atoms with E-state index < -0.39 is 0 Å². The number of amides is 2. The third kappa shape index (κ3) is 2.98. The molecule has 1 aromatic carbocycles. The lowest BCUT2D eigenvalue weighted by Crippen LogP contribution is -2.30. The number of rotatable bonds is 3. The molecule has 0 unspecified atom stereocenters. The van der Waals surface area contributed by atoms with Crippen molar-refractivity contribution in [2.24, 2.45) is 0 Å². The van der Waals surface area contributed by atoms with Gasteiger partial charge in [0.25, 0.3) is 0 Å². The van der Waals surface area contributed by atoms with Crippen LogP contribution in [0.5, 0.6) is 0 Å². The van der Waals surface area contributed by atoms with Gasteiger partial charge in [0.1, 0.15) is 0 Å². The van der Waals surface area contributed by atoms with E-state index >= 15 is 0 Å². The van der Waals surface area contributed by atoms with Gasteiger partial charge in [0.05, 0.1) is 0 Å². The summed E-state index contributed by atoms with van der Waals surface area (Å²) >= 11 is 3.43. The molecule has 2 amide bonds. The predicted molar refractivity (Wildman–Crippen MR) is 68.7 cm³/mol. The van der Waals surface area contributed by atoms with Crippen molar-refractivity contribution in [1.82, 2.24) is 5.32 Å². The van der Waals surface area contributed by atoms with Crippen molar-refractivity contribution < 1.29 is 4.79 Å². The summed E-state index contributed by atoms with van der Waals surface area (Å²) in [6.45, 7) is 2.08. The number of urea groups is 1. The molecule has 0 atom stereocenters. The number of nitrogens with one attached hydrogen (secondary N) is 2. The fourth-order valence-corrected chi connectivity index (χ4v) is 1.96. The highest BCUT2D eigenvalue weighted by Crippen LogP contribution is 2.22. The molecule has 86 valence electrons. The van der Waals surface area contributed by atoms with Crippen LogP contribution in [0.1, 0.15) is 25.3 Å². The number of anilines is 1. The van der Waals surface area contributed by atoms with E-state index in [0.29, 0.717) is 6.04 Å². The maximum atomic E-state index is 11.6. The van der Waals surface area contributed by atoms with Crippen molar-refractivity contribution in [3.63, 3.8) is 0 Å². The normalized spacial score (nSPS) is 14.6. The average Bonchev–Trinajstić information content (AvgIpc) is 3.04. The second-order valence-electron chi connectivity index (χ2n) is 4.03. The summed E-state index contributed by atoms with van der Waals surface area (Å²) in [5, 5.41) is 5.80. The Morgan fingerprint density at radius 1 is 1.50 bits per heavy atom. The van der Waals surface area contributed by atoms with Crippen LogP contribution in [0.4, 0.5) is 10.5 Å². The standard InChI is InChI=1S/C12H15BrN2O/c1-2-8-7-9(13)3-6-11(8)15-12(16)14-10-4-5-10/h3,6-7,10H,2,4-5H2,1H3,(H2,14,15,16). The first kappa shape index (κ1) is 11.5. The van der Waals surface area contributed by atoms with Crippen molar-refractivity contribution >= 4 is 27.6 Å². The van der Waals surface area contributed by atoms with Gasteiger partial charge in [0.2, 0.25) is 0 Å². The highest BCUT2D eigenvalue weighted by Gasteiger charge is 2.23. The van der Waals surface area contributed by atoms with Crippen molar-refractivity contribution in [2.75, 3.05) is 5.32 Å². The fourth-order valence-electron chi connectivity index (χ4n) is 1.55. The Labute approximate surface area is 104 Å². The van der Waals surface area contributed by atoms with Gasteiger partial charge in [-0.3, -0.25) is 0 Å². The number of benzene rings is 1. The van der Waals surface area contributed by atoms with E-state index in [1.54, 1.807) is 0 Å². The summed E-state index contributed by atoms with van der Waals surface area (Å²) in [6.07, 6.45) is 3.11. The molecule has 1 aromatic rings. The lowest BCUT2D eigenvalue weighted by Gasteiger charge is -2.11. The zero-order chi connectivity index (χ0) is 11.5. The number of aryl methyl sites for hydroxylation is 1. The van der Waals surface area contributed by atoms with Gasteiger partial charge in [-0.25, -0.2) is 4.79 Å². The zero-order valence-corrected chi connectivity index (χ0v) is 10.8. The Hall–Kier alpha value is -1.03. The molecule has 4 heteroatoms. The number of carbonyl (C=O) groups excluding carboxylic acids is 1. The minimum absolute atomic E-state index is 0.0977. The summed E-state index contributed by atoms with van der Waals surface area (Å²) < 4.78 is 1.04. The molecule has 1 fully saturated rings. The molecule has 0 saturated heterocycles. The number of halogens is 1. The first-order valence-electron chi connectivity index (χ1n) is 5.55. The van der Waals surface area contributed by atoms with Crippen LogP contribution in [-0.2, 0) is 6.42 Å². The predicted octanol–water partition coefficient (Wildman–Crippen LogP) is 3.30. The van der Waals surface area contributed by atoms with Crippen molar-refractivity contribution in [3.8, 4) is 0 Å². The van der Waals surface area contributed by atoms with Crippen LogP contribution >= 0.6 is 15.9 Å². The molecule has 0 radical (unpaired) electrons. The van der Waals surface area contributed by atoms with Crippen LogP contribution < -0.4 is 10.6 Å². The highest BCUT2D eigenvalue weighted by atomic mass is 79.9. The molecule has 1 saturated carbocycles. The first-order chi connectivity index (χ1) is 7.69. The number of carbonyl (C=O) groups is 1. The van der Waals surface area contributed by atoms with Gasteiger partial charge in [-0.1, -0.05) is 22.9 Å². The Balaban J connectivity index is 2.04. The monoisotopic (exact) mass is 282 g/mol. The maximum absolute atomic E-state index is 11.6. The lowest BCUT2D eigenvalue weighted by atomic mass is 10.1. The van der Waals surface area contributed by atoms with Crippen LogP contribution in [0.15, 0.2) is 22.7 Å². The topological polar surface area (TPSA) is 41.1 Å². The molecule has 3 nitrogen and oxygen atoms in total. The smallest absolute Gasteiger partial charge is 0.319 e. The van der Waals surface area contributed by atoms with Crippen LogP contribution in [0.2, 0.25) is 0 Å². The molecule has 1 aliphatic carbocycles. The molecule has 0 spiro atoms. The average molecular weight is 283 g/mol. The molecule has 2 N–H and O–H groups in total. The fraction of sp³-hybridized carbons (Fsp3) is 0.417. The third-order valence-corrected chi connectivity index (χ3v) is 3.10. The van der Waals surface area contributed by atoms with Gasteiger partial charge in [-0.15, -0.1) is 0 Å². The summed E-state index contributed by atoms with van der Waals surface area (Å²) in [5.74, 6) is 0. The molecular formula is C12H15BrN2O. The van der Waals surface area contributed by atoms with Gasteiger partial charge in [-0.05, 0) is 43.0 Å². The Kier molecular flexibility index (Phi) is 3.49. The SMILES string of the molecule is CCc1cc(Br)ccc1NC(=O)NC1CC1. The van der Waals surface area contributed by atoms with E-state index in [2.05, 4.69) is 33.5 Å². The number of hydrogen-bond acceptors (Lipinski definition) is 1. The van der Waals surface area contributed by atoms with E-state index in [9.17, 15) is 4.79 Å². The van der Waals surface area contributed by atoms with Gasteiger partial charge in [0, 0.05) is 16.2 Å². The van der Waals surface area contributed by atoms with E-state index in [1.165, 1.54) is 0 Å². The first-order valence-corrected chi connectivity index (χ1v) is 6.34. The summed E-state index contributed by atoms with van der Waals surface area (Å²) in [4.78, 5) is 11.6. The van der Waals surface area contributed by atoms with E-state index in [-0.39, 0.29) is 6.03 Å². The van der Waals surface area contributed by atoms with Crippen molar-refractivity contribution in [1.29, 1.82) is 0 Å².